The van der Waals surface area contributed by atoms with Gasteiger partial charge in [-0.05, 0) is 42.3 Å². The Hall–Kier alpha value is -1.48. The van der Waals surface area contributed by atoms with E-state index in [0.717, 1.165) is 0 Å². The molecule has 2 heteroatoms. The first kappa shape index (κ1) is 18.3. The molecule has 3 rings (SSSR count). The summed E-state index contributed by atoms with van der Waals surface area (Å²) in [5.41, 5.74) is 0. The van der Waals surface area contributed by atoms with Gasteiger partial charge >= 0.3 is 0 Å². The topological polar surface area (TPSA) is 0 Å². The van der Waals surface area contributed by atoms with Crippen molar-refractivity contribution in [2.24, 2.45) is 0 Å². The molecule has 0 spiro atoms. The zero-order chi connectivity index (χ0) is 17.3. The van der Waals surface area contributed by atoms with Crippen molar-refractivity contribution in [3.05, 3.63) is 91.0 Å². The van der Waals surface area contributed by atoms with Crippen molar-refractivity contribution in [3.8, 4) is 0 Å². The lowest BCUT2D eigenvalue weighted by molar-refractivity contribution is 1.09. The van der Waals surface area contributed by atoms with Crippen LogP contribution in [0, 0.1) is 0 Å². The largest absolute Gasteiger partial charge is 0.0750 e. The van der Waals surface area contributed by atoms with Crippen molar-refractivity contribution in [1.29, 1.82) is 0 Å². The zero-order valence-corrected chi connectivity index (χ0v) is 16.7. The van der Waals surface area contributed by atoms with E-state index in [4.69, 9.17) is 0 Å². The van der Waals surface area contributed by atoms with Gasteiger partial charge in [-0.15, -0.1) is 0 Å². The molecule has 0 saturated carbocycles. The third kappa shape index (κ3) is 5.24. The van der Waals surface area contributed by atoms with Crippen LogP contribution in [0.3, 0.4) is 0 Å². The summed E-state index contributed by atoms with van der Waals surface area (Å²) in [6.07, 6.45) is 5.22. The molecule has 0 heterocycles. The maximum atomic E-state index is 2.33. The van der Waals surface area contributed by atoms with Gasteiger partial charge in [-0.1, -0.05) is 112 Å². The number of hydrogen-bond donors (Lipinski definition) is 0. The summed E-state index contributed by atoms with van der Waals surface area (Å²) in [6, 6.07) is 33.4. The molecule has 3 aromatic carbocycles. The average molecular weight is 364 g/mol. The second-order valence-electron chi connectivity index (χ2n) is 6.15. The van der Waals surface area contributed by atoms with Crippen LogP contribution in [0.5, 0.6) is 0 Å². The second kappa shape index (κ2) is 9.86. The smallest absolute Gasteiger partial charge is 0.0195 e. The molecule has 0 aromatic heterocycles. The summed E-state index contributed by atoms with van der Waals surface area (Å²) >= 11 is 0. The fourth-order valence-electron chi connectivity index (χ4n) is 3.12. The van der Waals surface area contributed by atoms with E-state index in [9.17, 15) is 0 Å². The van der Waals surface area contributed by atoms with Gasteiger partial charge in [0, 0.05) is 0 Å². The molecule has 0 amide bonds. The highest BCUT2D eigenvalue weighted by Crippen LogP contribution is 2.41. The van der Waals surface area contributed by atoms with E-state index >= 15 is 0 Å². The Morgan fingerprint density at radius 3 is 1.40 bits per heavy atom. The van der Waals surface area contributed by atoms with E-state index in [0.29, 0.717) is 0 Å². The molecule has 0 saturated heterocycles. The number of rotatable bonds is 8. The van der Waals surface area contributed by atoms with Gasteiger partial charge in [-0.2, -0.15) is 0 Å². The van der Waals surface area contributed by atoms with Crippen molar-refractivity contribution in [2.45, 2.75) is 13.3 Å². The van der Waals surface area contributed by atoms with Gasteiger partial charge in [-0.25, -0.2) is 0 Å². The van der Waals surface area contributed by atoms with Gasteiger partial charge in [-0.3, -0.25) is 0 Å². The van der Waals surface area contributed by atoms with Gasteiger partial charge in [0.15, 0.2) is 0 Å². The van der Waals surface area contributed by atoms with Gasteiger partial charge in [0.05, 0.1) is 0 Å². The van der Waals surface area contributed by atoms with Crippen molar-refractivity contribution in [1.82, 2.24) is 0 Å². The minimum absolute atomic E-state index is 0.0529. The van der Waals surface area contributed by atoms with Crippen LogP contribution in [0.1, 0.15) is 13.3 Å². The second-order valence-corrected chi connectivity index (χ2v) is 11.0. The quantitative estimate of drug-likeness (QED) is 0.474. The highest BCUT2D eigenvalue weighted by molar-refractivity contribution is 7.74. The van der Waals surface area contributed by atoms with Gasteiger partial charge in [0.2, 0.25) is 0 Å². The van der Waals surface area contributed by atoms with Crippen LogP contribution in [0.15, 0.2) is 91.0 Å². The molecule has 0 fully saturated rings. The molecule has 3 aromatic rings. The molecule has 0 radical (unpaired) electrons. The molecule has 0 nitrogen and oxygen atoms in total. The van der Waals surface area contributed by atoms with E-state index in [1.807, 2.05) is 0 Å². The Kier molecular flexibility index (Phi) is 7.22. The molecular formula is C23H26P2. The van der Waals surface area contributed by atoms with Crippen LogP contribution in [0.25, 0.3) is 0 Å². The van der Waals surface area contributed by atoms with Crippen LogP contribution < -0.4 is 15.9 Å². The third-order valence-electron chi connectivity index (χ3n) is 4.34. The standard InChI is InChI=1S/C23H26P2/c1-2-18-24(21-12-6-3-7-13-21)19-20-25(22-14-8-4-9-15-22)23-16-10-5-11-17-23/h3-17H,2,18-20H2,1H3. The summed E-state index contributed by atoms with van der Waals surface area (Å²) in [5.74, 6) is 0. The van der Waals surface area contributed by atoms with Crippen molar-refractivity contribution in [2.75, 3.05) is 18.5 Å². The van der Waals surface area contributed by atoms with Gasteiger partial charge in [0.25, 0.3) is 0 Å². The highest BCUT2D eigenvalue weighted by atomic mass is 31.1. The zero-order valence-electron chi connectivity index (χ0n) is 14.9. The van der Waals surface area contributed by atoms with Crippen LogP contribution in [-0.2, 0) is 0 Å². The van der Waals surface area contributed by atoms with E-state index in [2.05, 4.69) is 97.9 Å². The molecule has 128 valence electrons. The van der Waals surface area contributed by atoms with E-state index in [-0.39, 0.29) is 15.8 Å². The molecule has 0 aliphatic rings. The van der Waals surface area contributed by atoms with Crippen LogP contribution in [0.4, 0.5) is 0 Å². The van der Waals surface area contributed by atoms with Gasteiger partial charge in [0.1, 0.15) is 0 Å². The summed E-state index contributed by atoms with van der Waals surface area (Å²) < 4.78 is 0. The normalized spacial score (nSPS) is 12.2. The fraction of sp³-hybridized carbons (Fsp3) is 0.217. The van der Waals surface area contributed by atoms with Crippen molar-refractivity contribution < 1.29 is 0 Å². The maximum Gasteiger partial charge on any atom is -0.0195 e. The molecule has 0 bridgehead atoms. The van der Waals surface area contributed by atoms with E-state index in [1.54, 1.807) is 5.30 Å². The van der Waals surface area contributed by atoms with Crippen molar-refractivity contribution in [3.63, 3.8) is 0 Å². The maximum absolute atomic E-state index is 2.33. The number of benzene rings is 3. The Bertz CT molecular complexity index is 686. The van der Waals surface area contributed by atoms with Crippen molar-refractivity contribution >= 4 is 31.8 Å². The lowest BCUT2D eigenvalue weighted by Gasteiger charge is -2.23. The summed E-state index contributed by atoms with van der Waals surface area (Å²) in [6.45, 7) is 2.31. The molecule has 1 unspecified atom stereocenters. The summed E-state index contributed by atoms with van der Waals surface area (Å²) in [5, 5.41) is 4.57. The highest BCUT2D eigenvalue weighted by Gasteiger charge is 2.17. The third-order valence-corrected chi connectivity index (χ3v) is 9.99. The minimum Gasteiger partial charge on any atom is -0.0750 e. The Morgan fingerprint density at radius 1 is 0.520 bits per heavy atom. The SMILES string of the molecule is CCCP(CCP(c1ccccc1)c1ccccc1)c1ccccc1. The first-order chi connectivity index (χ1) is 12.4. The summed E-state index contributed by atoms with van der Waals surface area (Å²) in [4.78, 5) is 0. The fourth-order valence-corrected chi connectivity index (χ4v) is 8.64. The molecule has 0 aliphatic carbocycles. The monoisotopic (exact) mass is 364 g/mol. The lowest BCUT2D eigenvalue weighted by Crippen LogP contribution is -2.17. The molecule has 0 aliphatic heterocycles. The van der Waals surface area contributed by atoms with Crippen LogP contribution in [-0.4, -0.2) is 18.5 Å². The summed E-state index contributed by atoms with van der Waals surface area (Å²) in [7, 11) is -0.321. The average Bonchev–Trinajstić information content (AvgIpc) is 2.70. The van der Waals surface area contributed by atoms with Gasteiger partial charge < -0.3 is 0 Å². The first-order valence-corrected chi connectivity index (χ1v) is 12.3. The first-order valence-electron chi connectivity index (χ1n) is 9.06. The van der Waals surface area contributed by atoms with Crippen LogP contribution >= 0.6 is 15.8 Å². The Balaban J connectivity index is 1.80. The molecule has 0 N–H and O–H groups in total. The molecule has 25 heavy (non-hydrogen) atoms. The molecule has 1 atom stereocenters. The van der Waals surface area contributed by atoms with E-state index < -0.39 is 0 Å². The lowest BCUT2D eigenvalue weighted by atomic mass is 10.4. The predicted molar refractivity (Wildman–Crippen MR) is 117 cm³/mol. The minimum atomic E-state index is -0.268. The Labute approximate surface area is 154 Å². The Morgan fingerprint density at radius 2 is 0.960 bits per heavy atom. The predicted octanol–water partition coefficient (Wildman–Crippen LogP) is 5.34. The molecular weight excluding hydrogens is 338 g/mol. The van der Waals surface area contributed by atoms with Crippen LogP contribution in [0.2, 0.25) is 0 Å². The number of hydrogen-bond acceptors (Lipinski definition) is 0. The van der Waals surface area contributed by atoms with E-state index in [1.165, 1.54) is 35.5 Å².